The molecule has 0 spiro atoms. The van der Waals surface area contributed by atoms with Crippen LogP contribution in [0.5, 0.6) is 5.75 Å². The van der Waals surface area contributed by atoms with Gasteiger partial charge in [-0.1, -0.05) is 12.1 Å². The smallest absolute Gasteiger partial charge is 0.404 e. The molecule has 0 atom stereocenters. The van der Waals surface area contributed by atoms with Gasteiger partial charge in [0, 0.05) is 12.4 Å². The summed E-state index contributed by atoms with van der Waals surface area (Å²) in [6.45, 7) is 0. The number of benzene rings is 1. The number of nitrogens with zero attached hydrogens (tertiary/aromatic N) is 4. The number of rotatable bonds is 4. The van der Waals surface area contributed by atoms with Gasteiger partial charge in [-0.25, -0.2) is 19.7 Å². The standard InChI is InChI=1S/C15H11F3N6O2/c16-15(17,18)26-12-4-2-1-3-11(12)23-14(25)22-10-7-20-13(21-8-10)24-6-5-19-9-24/h1-9H,(H2,22,23,25). The maximum absolute atomic E-state index is 12.4. The summed E-state index contributed by atoms with van der Waals surface area (Å²) in [5, 5.41) is 4.69. The lowest BCUT2D eigenvalue weighted by Crippen LogP contribution is -2.22. The van der Waals surface area contributed by atoms with Gasteiger partial charge in [-0.3, -0.25) is 4.57 Å². The second kappa shape index (κ2) is 7.09. The van der Waals surface area contributed by atoms with Crippen LogP contribution in [0.25, 0.3) is 5.95 Å². The maximum Gasteiger partial charge on any atom is 0.573 e. The summed E-state index contributed by atoms with van der Waals surface area (Å²) in [4.78, 5) is 23.9. The lowest BCUT2D eigenvalue weighted by molar-refractivity contribution is -0.274. The van der Waals surface area contributed by atoms with Crippen LogP contribution in [0.4, 0.5) is 29.3 Å². The fourth-order valence-corrected chi connectivity index (χ4v) is 1.96. The molecule has 0 aliphatic rings. The Kier molecular flexibility index (Phi) is 4.69. The summed E-state index contributed by atoms with van der Waals surface area (Å²) in [5.41, 5.74) is 0.110. The van der Waals surface area contributed by atoms with Gasteiger partial charge in [0.1, 0.15) is 6.33 Å². The number of hydrogen-bond acceptors (Lipinski definition) is 5. The average molecular weight is 364 g/mol. The van der Waals surface area contributed by atoms with E-state index in [1.165, 1.54) is 36.9 Å². The van der Waals surface area contributed by atoms with Gasteiger partial charge in [0.15, 0.2) is 5.75 Å². The first-order chi connectivity index (χ1) is 12.4. The first-order valence-corrected chi connectivity index (χ1v) is 7.14. The molecule has 0 saturated carbocycles. The van der Waals surface area contributed by atoms with Crippen molar-refractivity contribution in [1.29, 1.82) is 0 Å². The Morgan fingerprint density at radius 3 is 2.50 bits per heavy atom. The summed E-state index contributed by atoms with van der Waals surface area (Å²) in [5.74, 6) is -0.181. The number of aromatic nitrogens is 4. The second-order valence-corrected chi connectivity index (χ2v) is 4.86. The number of nitrogens with one attached hydrogen (secondary N) is 2. The van der Waals surface area contributed by atoms with Crippen molar-refractivity contribution in [2.45, 2.75) is 6.36 Å². The van der Waals surface area contributed by atoms with Crippen molar-refractivity contribution in [2.75, 3.05) is 10.6 Å². The van der Waals surface area contributed by atoms with Crippen LogP contribution in [-0.2, 0) is 0 Å². The molecule has 0 aliphatic heterocycles. The number of alkyl halides is 3. The van der Waals surface area contributed by atoms with E-state index in [9.17, 15) is 18.0 Å². The van der Waals surface area contributed by atoms with Gasteiger partial charge in [0.05, 0.1) is 23.8 Å². The highest BCUT2D eigenvalue weighted by atomic mass is 19.4. The molecule has 1 aromatic carbocycles. The predicted molar refractivity (Wildman–Crippen MR) is 84.9 cm³/mol. The average Bonchev–Trinajstić information content (AvgIpc) is 3.10. The van der Waals surface area contributed by atoms with Gasteiger partial charge in [-0.15, -0.1) is 13.2 Å². The largest absolute Gasteiger partial charge is 0.573 e. The van der Waals surface area contributed by atoms with Crippen molar-refractivity contribution >= 4 is 17.4 Å². The lowest BCUT2D eigenvalue weighted by Gasteiger charge is -2.14. The van der Waals surface area contributed by atoms with Crippen LogP contribution in [-0.4, -0.2) is 31.9 Å². The summed E-state index contributed by atoms with van der Waals surface area (Å²) in [6, 6.07) is 4.40. The number of ether oxygens (including phenoxy) is 1. The number of amides is 2. The van der Waals surface area contributed by atoms with Crippen LogP contribution < -0.4 is 15.4 Å². The summed E-state index contributed by atoms with van der Waals surface area (Å²) in [6.07, 6.45) is 2.54. The molecule has 3 rings (SSSR count). The van der Waals surface area contributed by atoms with E-state index < -0.39 is 18.1 Å². The summed E-state index contributed by atoms with van der Waals surface area (Å²) < 4.78 is 42.6. The molecule has 0 aliphatic carbocycles. The maximum atomic E-state index is 12.4. The van der Waals surface area contributed by atoms with E-state index in [2.05, 4.69) is 30.3 Å². The van der Waals surface area contributed by atoms with Gasteiger partial charge in [0.25, 0.3) is 0 Å². The van der Waals surface area contributed by atoms with Crippen LogP contribution in [0.3, 0.4) is 0 Å². The number of carbonyl (C=O) groups excluding carboxylic acids is 1. The highest BCUT2D eigenvalue weighted by Crippen LogP contribution is 2.29. The molecule has 11 heteroatoms. The van der Waals surface area contributed by atoms with Gasteiger partial charge < -0.3 is 15.4 Å². The zero-order chi connectivity index (χ0) is 18.6. The minimum absolute atomic E-state index is 0.140. The number of halogens is 3. The number of imidazole rings is 1. The number of urea groups is 1. The third kappa shape index (κ3) is 4.47. The van der Waals surface area contributed by atoms with Gasteiger partial charge in [-0.2, -0.15) is 0 Å². The molecule has 0 saturated heterocycles. The van der Waals surface area contributed by atoms with E-state index in [1.807, 2.05) is 0 Å². The van der Waals surface area contributed by atoms with Crippen molar-refractivity contribution in [3.8, 4) is 11.7 Å². The molecule has 0 unspecified atom stereocenters. The second-order valence-electron chi connectivity index (χ2n) is 4.86. The van der Waals surface area contributed by atoms with Crippen LogP contribution in [0.1, 0.15) is 0 Å². The quantitative estimate of drug-likeness (QED) is 0.741. The molecule has 2 heterocycles. The molecular formula is C15H11F3N6O2. The van der Waals surface area contributed by atoms with Crippen LogP contribution in [0.15, 0.2) is 55.4 Å². The van der Waals surface area contributed by atoms with E-state index in [0.29, 0.717) is 5.95 Å². The first kappa shape index (κ1) is 17.2. The Bertz CT molecular complexity index is 881. The van der Waals surface area contributed by atoms with Crippen LogP contribution in [0, 0.1) is 0 Å². The molecular weight excluding hydrogens is 353 g/mol. The highest BCUT2D eigenvalue weighted by molar-refractivity contribution is 6.00. The van der Waals surface area contributed by atoms with Crippen molar-refractivity contribution in [1.82, 2.24) is 19.5 Å². The molecule has 8 nitrogen and oxygen atoms in total. The third-order valence-corrected chi connectivity index (χ3v) is 2.99. The molecule has 2 N–H and O–H groups in total. The normalized spacial score (nSPS) is 11.0. The minimum Gasteiger partial charge on any atom is -0.404 e. The van der Waals surface area contributed by atoms with Crippen LogP contribution in [0.2, 0.25) is 0 Å². The van der Waals surface area contributed by atoms with E-state index in [0.717, 1.165) is 6.07 Å². The topological polar surface area (TPSA) is 94.0 Å². The number of anilines is 2. The Labute approximate surface area is 144 Å². The molecule has 26 heavy (non-hydrogen) atoms. The Balaban J connectivity index is 1.66. The number of hydrogen-bond donors (Lipinski definition) is 2. The van der Waals surface area contributed by atoms with E-state index in [4.69, 9.17) is 0 Å². The van der Waals surface area contributed by atoms with Crippen LogP contribution >= 0.6 is 0 Å². The molecule has 0 radical (unpaired) electrons. The number of para-hydroxylation sites is 2. The molecule has 2 aromatic heterocycles. The van der Waals surface area contributed by atoms with E-state index in [-0.39, 0.29) is 11.4 Å². The monoisotopic (exact) mass is 364 g/mol. The van der Waals surface area contributed by atoms with Crippen molar-refractivity contribution < 1.29 is 22.7 Å². The zero-order valence-electron chi connectivity index (χ0n) is 12.9. The Morgan fingerprint density at radius 1 is 1.12 bits per heavy atom. The first-order valence-electron chi connectivity index (χ1n) is 7.14. The lowest BCUT2D eigenvalue weighted by atomic mass is 10.3. The van der Waals surface area contributed by atoms with E-state index in [1.54, 1.807) is 17.0 Å². The van der Waals surface area contributed by atoms with Gasteiger partial charge >= 0.3 is 12.4 Å². The van der Waals surface area contributed by atoms with Crippen molar-refractivity contribution in [3.05, 3.63) is 55.4 Å². The molecule has 2 amide bonds. The summed E-state index contributed by atoms with van der Waals surface area (Å²) >= 11 is 0. The zero-order valence-corrected chi connectivity index (χ0v) is 12.9. The van der Waals surface area contributed by atoms with Gasteiger partial charge in [-0.05, 0) is 12.1 Å². The minimum atomic E-state index is -4.87. The number of carbonyl (C=O) groups is 1. The van der Waals surface area contributed by atoms with E-state index >= 15 is 0 Å². The Morgan fingerprint density at radius 2 is 1.85 bits per heavy atom. The molecule has 0 fully saturated rings. The highest BCUT2D eigenvalue weighted by Gasteiger charge is 2.32. The third-order valence-electron chi connectivity index (χ3n) is 2.99. The fraction of sp³-hybridized carbons (Fsp3) is 0.0667. The molecule has 134 valence electrons. The van der Waals surface area contributed by atoms with Gasteiger partial charge in [0.2, 0.25) is 5.95 Å². The fourth-order valence-electron chi connectivity index (χ4n) is 1.96. The summed E-state index contributed by atoms with van der Waals surface area (Å²) in [7, 11) is 0. The SMILES string of the molecule is O=C(Nc1cnc(-n2ccnc2)nc1)Nc1ccccc1OC(F)(F)F. The molecule has 3 aromatic rings. The predicted octanol–water partition coefficient (Wildman–Crippen LogP) is 3.20. The molecule has 0 bridgehead atoms. The van der Waals surface area contributed by atoms with Crippen molar-refractivity contribution in [3.63, 3.8) is 0 Å². The van der Waals surface area contributed by atoms with Crippen molar-refractivity contribution in [2.24, 2.45) is 0 Å². The Hall–Kier alpha value is -3.63.